The van der Waals surface area contributed by atoms with Gasteiger partial charge in [-0.3, -0.25) is 0 Å². The van der Waals surface area contributed by atoms with Gasteiger partial charge in [-0.05, 0) is 36.4 Å². The molecule has 2 heterocycles. The molecule has 4 aromatic rings. The molecule has 0 aliphatic carbocycles. The molecular weight excluding hydrogens is 324 g/mol. The van der Waals surface area contributed by atoms with Gasteiger partial charge in [0.05, 0.1) is 28.9 Å². The highest BCUT2D eigenvalue weighted by Crippen LogP contribution is 2.25. The van der Waals surface area contributed by atoms with E-state index in [1.165, 1.54) is 0 Å². The van der Waals surface area contributed by atoms with Crippen LogP contribution in [0.2, 0.25) is 5.02 Å². The van der Waals surface area contributed by atoms with Crippen LogP contribution < -0.4 is 4.74 Å². The molecule has 0 atom stereocenters. The van der Waals surface area contributed by atoms with Gasteiger partial charge in [0.15, 0.2) is 0 Å². The Morgan fingerprint density at radius 2 is 1.83 bits per heavy atom. The molecule has 4 nitrogen and oxygen atoms in total. The Morgan fingerprint density at radius 1 is 1.00 bits per heavy atom. The first kappa shape index (κ1) is 14.8. The van der Waals surface area contributed by atoms with Gasteiger partial charge in [-0.2, -0.15) is 0 Å². The van der Waals surface area contributed by atoms with E-state index in [4.69, 9.17) is 25.7 Å². The summed E-state index contributed by atoms with van der Waals surface area (Å²) in [4.78, 5) is 4.69. The number of hydrogen-bond acceptors (Lipinski definition) is 3. The zero-order valence-electron chi connectivity index (χ0n) is 12.9. The first-order valence-corrected chi connectivity index (χ1v) is 8.03. The topological polar surface area (TPSA) is 40.2 Å². The van der Waals surface area contributed by atoms with E-state index in [1.54, 1.807) is 6.26 Å². The summed E-state index contributed by atoms with van der Waals surface area (Å²) < 4.78 is 13.5. The third-order valence-electron chi connectivity index (χ3n) is 3.82. The van der Waals surface area contributed by atoms with Gasteiger partial charge in [-0.25, -0.2) is 4.98 Å². The second-order valence-corrected chi connectivity index (χ2v) is 5.81. The highest BCUT2D eigenvalue weighted by atomic mass is 35.5. The summed E-state index contributed by atoms with van der Waals surface area (Å²) in [6, 6.07) is 19.3. The van der Waals surface area contributed by atoms with E-state index in [0.717, 1.165) is 22.6 Å². The van der Waals surface area contributed by atoms with E-state index in [0.29, 0.717) is 23.9 Å². The molecule has 0 bridgehead atoms. The molecule has 0 N–H and O–H groups in total. The minimum absolute atomic E-state index is 0.332. The van der Waals surface area contributed by atoms with Crippen LogP contribution in [0, 0.1) is 0 Å². The van der Waals surface area contributed by atoms with Crippen LogP contribution in [0.15, 0.2) is 71.3 Å². The maximum Gasteiger partial charge on any atom is 0.148 e. The normalized spacial score (nSPS) is 11.0. The average Bonchev–Trinajstić information content (AvgIpc) is 3.23. The van der Waals surface area contributed by atoms with Gasteiger partial charge in [0.25, 0.3) is 0 Å². The molecule has 0 aliphatic heterocycles. The lowest BCUT2D eigenvalue weighted by Crippen LogP contribution is -2.08. The molecule has 24 heavy (non-hydrogen) atoms. The van der Waals surface area contributed by atoms with E-state index in [2.05, 4.69) is 4.57 Å². The molecular formula is C19H15ClN2O2. The Kier molecular flexibility index (Phi) is 3.97. The second-order valence-electron chi connectivity index (χ2n) is 5.40. The third-order valence-corrected chi connectivity index (χ3v) is 4.13. The van der Waals surface area contributed by atoms with Crippen LogP contribution in [-0.4, -0.2) is 9.55 Å². The fraction of sp³-hybridized carbons (Fsp3) is 0.105. The molecule has 0 spiro atoms. The maximum absolute atomic E-state index is 6.16. The van der Waals surface area contributed by atoms with Crippen molar-refractivity contribution in [2.45, 2.75) is 13.2 Å². The lowest BCUT2D eigenvalue weighted by Gasteiger charge is -2.10. The molecule has 120 valence electrons. The molecule has 5 heteroatoms. The van der Waals surface area contributed by atoms with Crippen molar-refractivity contribution < 1.29 is 9.15 Å². The molecule has 0 radical (unpaired) electrons. The summed E-state index contributed by atoms with van der Waals surface area (Å²) in [6.07, 6.45) is 1.67. The number of hydrogen-bond donors (Lipinski definition) is 0. The zero-order chi connectivity index (χ0) is 16.4. The van der Waals surface area contributed by atoms with Crippen molar-refractivity contribution in [1.82, 2.24) is 9.55 Å². The Morgan fingerprint density at radius 3 is 2.67 bits per heavy atom. The number of rotatable bonds is 5. The van der Waals surface area contributed by atoms with Crippen molar-refractivity contribution >= 4 is 22.6 Å². The number of aromatic nitrogens is 2. The highest BCUT2D eigenvalue weighted by molar-refractivity contribution is 6.32. The smallest absolute Gasteiger partial charge is 0.148 e. The molecule has 0 unspecified atom stereocenters. The van der Waals surface area contributed by atoms with E-state index >= 15 is 0 Å². The van der Waals surface area contributed by atoms with Gasteiger partial charge in [0.2, 0.25) is 0 Å². The summed E-state index contributed by atoms with van der Waals surface area (Å²) in [5.41, 5.74) is 1.98. The van der Waals surface area contributed by atoms with Gasteiger partial charge in [0.1, 0.15) is 23.9 Å². The van der Waals surface area contributed by atoms with Crippen LogP contribution in [0.3, 0.4) is 0 Å². The van der Waals surface area contributed by atoms with Gasteiger partial charge in [0, 0.05) is 0 Å². The van der Waals surface area contributed by atoms with E-state index < -0.39 is 0 Å². The fourth-order valence-corrected chi connectivity index (χ4v) is 2.86. The van der Waals surface area contributed by atoms with Crippen molar-refractivity contribution in [3.63, 3.8) is 0 Å². The number of nitrogens with zero attached hydrogens (tertiary/aromatic N) is 2. The van der Waals surface area contributed by atoms with E-state index in [9.17, 15) is 0 Å². The maximum atomic E-state index is 6.16. The quantitative estimate of drug-likeness (QED) is 0.519. The van der Waals surface area contributed by atoms with Crippen molar-refractivity contribution in [2.24, 2.45) is 0 Å². The van der Waals surface area contributed by atoms with Crippen molar-refractivity contribution in [3.8, 4) is 5.75 Å². The summed E-state index contributed by atoms with van der Waals surface area (Å²) in [6.45, 7) is 0.938. The lowest BCUT2D eigenvalue weighted by atomic mass is 10.3. The van der Waals surface area contributed by atoms with Crippen molar-refractivity contribution in [2.75, 3.05) is 0 Å². The summed E-state index contributed by atoms with van der Waals surface area (Å²) in [5.74, 6) is 2.35. The minimum Gasteiger partial charge on any atom is -0.484 e. The summed E-state index contributed by atoms with van der Waals surface area (Å²) in [7, 11) is 0. The molecule has 4 rings (SSSR count). The summed E-state index contributed by atoms with van der Waals surface area (Å²) in [5, 5.41) is 0.589. The number of fused-ring (bicyclic) bond motifs is 1. The Balaban J connectivity index is 1.67. The molecule has 0 saturated carbocycles. The SMILES string of the molecule is Clc1ccccc1OCc1nc2ccccc2n1Cc1ccco1. The number of para-hydroxylation sites is 3. The molecule has 0 aliphatic rings. The standard InChI is InChI=1S/C19H15ClN2O2/c20-15-7-1-4-10-18(15)24-13-19-21-16-8-2-3-9-17(16)22(19)12-14-6-5-11-23-14/h1-11H,12-13H2. The number of furan rings is 1. The van der Waals surface area contributed by atoms with Gasteiger partial charge in [-0.1, -0.05) is 35.9 Å². The van der Waals surface area contributed by atoms with Crippen molar-refractivity contribution in [3.05, 3.63) is 83.5 Å². The fourth-order valence-electron chi connectivity index (χ4n) is 2.67. The van der Waals surface area contributed by atoms with Crippen LogP contribution in [0.5, 0.6) is 5.75 Å². The third kappa shape index (κ3) is 2.88. The van der Waals surface area contributed by atoms with Crippen LogP contribution in [0.25, 0.3) is 11.0 Å². The van der Waals surface area contributed by atoms with E-state index in [1.807, 2.05) is 60.7 Å². The van der Waals surface area contributed by atoms with Crippen molar-refractivity contribution in [1.29, 1.82) is 0 Å². The molecule has 2 aromatic carbocycles. The number of ether oxygens (including phenoxy) is 1. The molecule has 0 amide bonds. The van der Waals surface area contributed by atoms with Crippen LogP contribution in [-0.2, 0) is 13.2 Å². The Bertz CT molecular complexity index is 961. The number of halogens is 1. The molecule has 2 aromatic heterocycles. The minimum atomic E-state index is 0.332. The average molecular weight is 339 g/mol. The van der Waals surface area contributed by atoms with Gasteiger partial charge < -0.3 is 13.7 Å². The Labute approximate surface area is 144 Å². The predicted octanol–water partition coefficient (Wildman–Crippen LogP) is 4.91. The van der Waals surface area contributed by atoms with Gasteiger partial charge >= 0.3 is 0 Å². The Hall–Kier alpha value is -2.72. The van der Waals surface area contributed by atoms with Crippen LogP contribution in [0.1, 0.15) is 11.6 Å². The largest absolute Gasteiger partial charge is 0.484 e. The monoisotopic (exact) mass is 338 g/mol. The van der Waals surface area contributed by atoms with Crippen LogP contribution >= 0.6 is 11.6 Å². The highest BCUT2D eigenvalue weighted by Gasteiger charge is 2.13. The van der Waals surface area contributed by atoms with E-state index in [-0.39, 0.29) is 0 Å². The molecule has 0 fully saturated rings. The first-order chi connectivity index (χ1) is 11.8. The lowest BCUT2D eigenvalue weighted by molar-refractivity contribution is 0.290. The predicted molar refractivity (Wildman–Crippen MR) is 93.3 cm³/mol. The summed E-state index contributed by atoms with van der Waals surface area (Å²) >= 11 is 6.16. The number of imidazole rings is 1. The first-order valence-electron chi connectivity index (χ1n) is 7.65. The second kappa shape index (κ2) is 6.42. The van der Waals surface area contributed by atoms with Gasteiger partial charge in [-0.15, -0.1) is 0 Å². The van der Waals surface area contributed by atoms with Crippen LogP contribution in [0.4, 0.5) is 0 Å². The zero-order valence-corrected chi connectivity index (χ0v) is 13.6. The number of benzene rings is 2. The molecule has 0 saturated heterocycles.